The van der Waals surface area contributed by atoms with Gasteiger partial charge in [0.15, 0.2) is 0 Å². The number of carbonyl (C=O) groups is 2. The lowest BCUT2D eigenvalue weighted by atomic mass is 9.93. The molecule has 32 heavy (non-hydrogen) atoms. The molecule has 174 valence electrons. The lowest BCUT2D eigenvalue weighted by Gasteiger charge is -2.41. The number of carbonyl (C=O) groups excluding carboxylic acids is 2. The Morgan fingerprint density at radius 3 is 2.44 bits per heavy atom. The molecule has 1 atom stereocenters. The SMILES string of the molecule is CCOC(=O)C1=C(CN2CCN(C3CCCCC3)CC2)NC(=O)NC1c1ccc(F)cc1. The van der Waals surface area contributed by atoms with E-state index in [9.17, 15) is 14.0 Å². The van der Waals surface area contributed by atoms with Gasteiger partial charge in [0.25, 0.3) is 0 Å². The summed E-state index contributed by atoms with van der Waals surface area (Å²) < 4.78 is 18.8. The number of hydrogen-bond acceptors (Lipinski definition) is 5. The smallest absolute Gasteiger partial charge is 0.338 e. The molecule has 1 unspecified atom stereocenters. The molecule has 8 heteroatoms. The van der Waals surface area contributed by atoms with Crippen LogP contribution in [0.4, 0.5) is 9.18 Å². The zero-order valence-corrected chi connectivity index (χ0v) is 18.7. The second-order valence-electron chi connectivity index (χ2n) is 8.80. The molecular weight excluding hydrogens is 411 g/mol. The molecule has 4 rings (SSSR count). The Morgan fingerprint density at radius 2 is 1.78 bits per heavy atom. The molecule has 7 nitrogen and oxygen atoms in total. The molecule has 1 aliphatic carbocycles. The van der Waals surface area contributed by atoms with Crippen LogP contribution in [-0.2, 0) is 9.53 Å². The quantitative estimate of drug-likeness (QED) is 0.660. The van der Waals surface area contributed by atoms with Crippen LogP contribution in [0.1, 0.15) is 50.6 Å². The molecule has 1 aromatic rings. The Labute approximate surface area is 189 Å². The second kappa shape index (κ2) is 10.4. The number of rotatable bonds is 6. The first-order valence-corrected chi connectivity index (χ1v) is 11.7. The van der Waals surface area contributed by atoms with E-state index in [-0.39, 0.29) is 18.5 Å². The molecule has 2 fully saturated rings. The predicted molar refractivity (Wildman–Crippen MR) is 119 cm³/mol. The van der Waals surface area contributed by atoms with Gasteiger partial charge < -0.3 is 15.4 Å². The van der Waals surface area contributed by atoms with Crippen molar-refractivity contribution in [3.8, 4) is 0 Å². The number of hydrogen-bond donors (Lipinski definition) is 2. The number of ether oxygens (including phenoxy) is 1. The van der Waals surface area contributed by atoms with E-state index in [1.54, 1.807) is 19.1 Å². The van der Waals surface area contributed by atoms with Crippen LogP contribution in [0.25, 0.3) is 0 Å². The fourth-order valence-electron chi connectivity index (χ4n) is 5.05. The van der Waals surface area contributed by atoms with Crippen molar-refractivity contribution in [3.05, 3.63) is 46.9 Å². The van der Waals surface area contributed by atoms with Crippen molar-refractivity contribution in [3.63, 3.8) is 0 Å². The molecule has 1 aromatic carbocycles. The number of nitrogens with zero attached hydrogens (tertiary/aromatic N) is 2. The van der Waals surface area contributed by atoms with Gasteiger partial charge in [-0.25, -0.2) is 14.0 Å². The van der Waals surface area contributed by atoms with Gasteiger partial charge in [0.1, 0.15) is 5.82 Å². The Morgan fingerprint density at radius 1 is 1.09 bits per heavy atom. The number of halogens is 1. The first-order valence-electron chi connectivity index (χ1n) is 11.7. The van der Waals surface area contributed by atoms with Crippen molar-refractivity contribution in [2.75, 3.05) is 39.3 Å². The number of piperazine rings is 1. The van der Waals surface area contributed by atoms with Crippen LogP contribution in [0.2, 0.25) is 0 Å². The minimum atomic E-state index is -0.679. The summed E-state index contributed by atoms with van der Waals surface area (Å²) >= 11 is 0. The van der Waals surface area contributed by atoms with Crippen LogP contribution in [-0.4, -0.2) is 67.2 Å². The highest BCUT2D eigenvalue weighted by atomic mass is 19.1. The highest BCUT2D eigenvalue weighted by molar-refractivity contribution is 5.95. The maximum Gasteiger partial charge on any atom is 0.338 e. The molecule has 2 N–H and O–H groups in total. The molecule has 2 aliphatic heterocycles. The number of nitrogens with one attached hydrogen (secondary N) is 2. The standard InChI is InChI=1S/C24H33FN4O3/c1-2-32-23(30)21-20(26-24(31)27-22(21)17-8-10-18(25)11-9-17)16-28-12-14-29(15-13-28)19-6-4-3-5-7-19/h8-11,19,22H,2-7,12-16H2,1H3,(H2,26,27,31). The normalized spacial score (nSPS) is 23.6. The minimum absolute atomic E-state index is 0.236. The van der Waals surface area contributed by atoms with Gasteiger partial charge in [-0.1, -0.05) is 31.4 Å². The molecule has 1 saturated heterocycles. The molecule has 2 heterocycles. The predicted octanol–water partition coefficient (Wildman–Crippen LogP) is 2.95. The van der Waals surface area contributed by atoms with E-state index in [1.807, 2.05) is 0 Å². The van der Waals surface area contributed by atoms with E-state index < -0.39 is 12.0 Å². The lowest BCUT2D eigenvalue weighted by molar-refractivity contribution is -0.139. The van der Waals surface area contributed by atoms with Gasteiger partial charge in [-0.15, -0.1) is 0 Å². The third-order valence-corrected chi connectivity index (χ3v) is 6.73. The topological polar surface area (TPSA) is 73.9 Å². The molecule has 1 saturated carbocycles. The van der Waals surface area contributed by atoms with Crippen molar-refractivity contribution in [1.82, 2.24) is 20.4 Å². The summed E-state index contributed by atoms with van der Waals surface area (Å²) in [7, 11) is 0. The van der Waals surface area contributed by atoms with Gasteiger partial charge in [0.2, 0.25) is 0 Å². The highest BCUT2D eigenvalue weighted by Crippen LogP contribution is 2.29. The molecular formula is C24H33FN4O3. The largest absolute Gasteiger partial charge is 0.463 e. The van der Waals surface area contributed by atoms with Crippen molar-refractivity contribution >= 4 is 12.0 Å². The fraction of sp³-hybridized carbons (Fsp3) is 0.583. The van der Waals surface area contributed by atoms with Crippen LogP contribution in [0.5, 0.6) is 0 Å². The molecule has 0 spiro atoms. The third kappa shape index (κ3) is 5.30. The summed E-state index contributed by atoms with van der Waals surface area (Å²) in [5.41, 5.74) is 1.59. The summed E-state index contributed by atoms with van der Waals surface area (Å²) in [5, 5.41) is 5.64. The zero-order valence-electron chi connectivity index (χ0n) is 18.7. The average Bonchev–Trinajstić information content (AvgIpc) is 2.80. The molecule has 0 aromatic heterocycles. The van der Waals surface area contributed by atoms with Gasteiger partial charge >= 0.3 is 12.0 Å². The highest BCUT2D eigenvalue weighted by Gasteiger charge is 2.35. The molecule has 0 bridgehead atoms. The van der Waals surface area contributed by atoms with Crippen molar-refractivity contribution in [1.29, 1.82) is 0 Å². The van der Waals surface area contributed by atoms with E-state index in [0.717, 1.165) is 26.2 Å². The fourth-order valence-corrected chi connectivity index (χ4v) is 5.05. The number of esters is 1. The summed E-state index contributed by atoms with van der Waals surface area (Å²) in [6.45, 7) is 6.24. The van der Waals surface area contributed by atoms with Crippen LogP contribution >= 0.6 is 0 Å². The Balaban J connectivity index is 1.52. The van der Waals surface area contributed by atoms with E-state index in [0.29, 0.717) is 29.4 Å². The van der Waals surface area contributed by atoms with Gasteiger partial charge in [-0.05, 0) is 37.5 Å². The second-order valence-corrected chi connectivity index (χ2v) is 8.80. The monoisotopic (exact) mass is 444 g/mol. The van der Waals surface area contributed by atoms with Crippen LogP contribution in [0.3, 0.4) is 0 Å². The van der Waals surface area contributed by atoms with E-state index in [2.05, 4.69) is 20.4 Å². The number of amides is 2. The summed E-state index contributed by atoms with van der Waals surface area (Å²) in [6, 6.07) is 5.48. The maximum atomic E-state index is 13.4. The first kappa shape index (κ1) is 22.7. The average molecular weight is 445 g/mol. The van der Waals surface area contributed by atoms with Gasteiger partial charge in [0.05, 0.1) is 18.2 Å². The van der Waals surface area contributed by atoms with Crippen LogP contribution in [0.15, 0.2) is 35.5 Å². The molecule has 3 aliphatic rings. The Bertz CT molecular complexity index is 843. The summed E-state index contributed by atoms with van der Waals surface area (Å²) in [5.74, 6) is -0.836. The molecule has 0 radical (unpaired) electrons. The molecule has 2 amide bonds. The summed E-state index contributed by atoms with van der Waals surface area (Å²) in [4.78, 5) is 30.2. The third-order valence-electron chi connectivity index (χ3n) is 6.73. The number of benzene rings is 1. The van der Waals surface area contributed by atoms with E-state index in [1.165, 1.54) is 44.2 Å². The van der Waals surface area contributed by atoms with Gasteiger partial charge in [-0.2, -0.15) is 0 Å². The van der Waals surface area contributed by atoms with E-state index >= 15 is 0 Å². The summed E-state index contributed by atoms with van der Waals surface area (Å²) in [6.07, 6.45) is 6.58. The first-order chi connectivity index (χ1) is 15.5. The van der Waals surface area contributed by atoms with Crippen molar-refractivity contribution < 1.29 is 18.7 Å². The van der Waals surface area contributed by atoms with E-state index in [4.69, 9.17) is 4.74 Å². The Kier molecular flexibility index (Phi) is 7.42. The number of urea groups is 1. The van der Waals surface area contributed by atoms with Crippen LogP contribution < -0.4 is 10.6 Å². The Hall–Kier alpha value is -2.45. The maximum absolute atomic E-state index is 13.4. The minimum Gasteiger partial charge on any atom is -0.463 e. The van der Waals surface area contributed by atoms with Crippen LogP contribution in [0, 0.1) is 5.82 Å². The van der Waals surface area contributed by atoms with Gasteiger partial charge in [-0.3, -0.25) is 9.80 Å². The van der Waals surface area contributed by atoms with Gasteiger partial charge in [0, 0.05) is 44.5 Å². The van der Waals surface area contributed by atoms with Crippen molar-refractivity contribution in [2.24, 2.45) is 0 Å². The lowest BCUT2D eigenvalue weighted by Crippen LogP contribution is -2.53. The zero-order chi connectivity index (χ0) is 22.5. The van der Waals surface area contributed by atoms with Crippen molar-refractivity contribution in [2.45, 2.75) is 51.1 Å².